The fourth-order valence-corrected chi connectivity index (χ4v) is 3.97. The van der Waals surface area contributed by atoms with Crippen LogP contribution in [0.15, 0.2) is 30.8 Å². The smallest absolute Gasteiger partial charge is 0.496 e. The maximum atomic E-state index is 13.3. The van der Waals surface area contributed by atoms with Crippen LogP contribution in [-0.2, 0) is 14.2 Å². The van der Waals surface area contributed by atoms with Gasteiger partial charge in [-0.15, -0.1) is 0 Å². The standard InChI is InChI=1S/C30H36N2O8.C2H6/c1-5-7-8-9-14-38-30(36)40-19(3)39-29(35)27-23(12-13-25(32-27)28(34)31-17-20-10-11-20)24-16-26(37-4)21(6-2)15-22(24)18-33;1-2/h6,12-13,15-16,18-20H,2,5,7-11,14,17H2,1,3-4H3,(H,31,34);1-2H3. The number of aromatic nitrogens is 1. The average Bonchev–Trinajstić information content (AvgIpc) is 3.84. The van der Waals surface area contributed by atoms with Gasteiger partial charge < -0.3 is 24.3 Å². The number of hydrogen-bond acceptors (Lipinski definition) is 9. The van der Waals surface area contributed by atoms with E-state index in [2.05, 4.69) is 23.8 Å². The molecule has 1 aliphatic carbocycles. The van der Waals surface area contributed by atoms with E-state index in [1.165, 1.54) is 32.2 Å². The SMILES string of the molecule is C=Cc1cc(C=O)c(-c2ccc(C(=O)NCC3CC3)nc2C(=O)OC(C)OC(=O)OCCCCCC)cc1OC.CC. The summed E-state index contributed by atoms with van der Waals surface area (Å²) in [6, 6.07) is 6.13. The number of unbranched alkanes of at least 4 members (excludes halogenated alkanes) is 3. The predicted molar refractivity (Wildman–Crippen MR) is 160 cm³/mol. The van der Waals surface area contributed by atoms with E-state index < -0.39 is 24.3 Å². The summed E-state index contributed by atoms with van der Waals surface area (Å²) in [5.41, 5.74) is 1.15. The van der Waals surface area contributed by atoms with E-state index in [9.17, 15) is 19.2 Å². The molecule has 1 saturated carbocycles. The Labute approximate surface area is 247 Å². The minimum absolute atomic E-state index is 0.00117. The summed E-state index contributed by atoms with van der Waals surface area (Å²) >= 11 is 0. The molecule has 1 atom stereocenters. The zero-order valence-corrected chi connectivity index (χ0v) is 25.2. The Bertz CT molecular complexity index is 1240. The fraction of sp³-hybridized carbons (Fsp3) is 0.469. The van der Waals surface area contributed by atoms with Gasteiger partial charge in [0.2, 0.25) is 6.29 Å². The van der Waals surface area contributed by atoms with Crippen LogP contribution in [0.1, 0.15) is 103 Å². The van der Waals surface area contributed by atoms with E-state index in [1.807, 2.05) is 13.8 Å². The topological polar surface area (TPSA) is 130 Å². The summed E-state index contributed by atoms with van der Waals surface area (Å²) in [7, 11) is 1.47. The number of ether oxygens (including phenoxy) is 4. The quantitative estimate of drug-likeness (QED) is 0.107. The molecule has 0 saturated heterocycles. The molecule has 42 heavy (non-hydrogen) atoms. The Hall–Kier alpha value is -4.21. The molecule has 0 spiro atoms. The summed E-state index contributed by atoms with van der Waals surface area (Å²) < 4.78 is 20.9. The maximum absolute atomic E-state index is 13.3. The van der Waals surface area contributed by atoms with Gasteiger partial charge in [0.05, 0.1) is 13.7 Å². The van der Waals surface area contributed by atoms with Gasteiger partial charge in [-0.1, -0.05) is 52.7 Å². The molecule has 2 aromatic rings. The summed E-state index contributed by atoms with van der Waals surface area (Å²) in [5.74, 6) is -0.542. The number of pyridine rings is 1. The lowest BCUT2D eigenvalue weighted by molar-refractivity contribution is -0.0823. The van der Waals surface area contributed by atoms with Gasteiger partial charge in [0.1, 0.15) is 11.4 Å². The first-order valence-corrected chi connectivity index (χ1v) is 14.4. The van der Waals surface area contributed by atoms with Gasteiger partial charge in [0, 0.05) is 30.2 Å². The highest BCUT2D eigenvalue weighted by atomic mass is 16.8. The minimum atomic E-state index is -1.30. The number of aldehydes is 1. The van der Waals surface area contributed by atoms with Crippen LogP contribution in [-0.4, -0.2) is 55.9 Å². The molecule has 0 bridgehead atoms. The molecular weight excluding hydrogens is 540 g/mol. The number of carbonyl (C=O) groups excluding carboxylic acids is 4. The Morgan fingerprint density at radius 2 is 1.81 bits per heavy atom. The second-order valence-electron chi connectivity index (χ2n) is 9.50. The molecule has 1 fully saturated rings. The lowest BCUT2D eigenvalue weighted by Gasteiger charge is -2.17. The Kier molecular flexibility index (Phi) is 14.2. The Morgan fingerprint density at radius 3 is 2.43 bits per heavy atom. The van der Waals surface area contributed by atoms with Crippen LogP contribution in [0.2, 0.25) is 0 Å². The fourth-order valence-electron chi connectivity index (χ4n) is 3.97. The third kappa shape index (κ3) is 10.0. The third-order valence-electron chi connectivity index (χ3n) is 6.36. The van der Waals surface area contributed by atoms with E-state index in [4.69, 9.17) is 18.9 Å². The van der Waals surface area contributed by atoms with Crippen molar-refractivity contribution in [1.82, 2.24) is 10.3 Å². The lowest BCUT2D eigenvalue weighted by Crippen LogP contribution is -2.28. The molecule has 10 nitrogen and oxygen atoms in total. The summed E-state index contributed by atoms with van der Waals surface area (Å²) in [5, 5.41) is 2.81. The number of rotatable bonds is 15. The molecule has 0 aliphatic heterocycles. The second kappa shape index (κ2) is 17.6. The first kappa shape index (κ1) is 34.0. The Morgan fingerprint density at radius 1 is 1.07 bits per heavy atom. The molecule has 1 N–H and O–H groups in total. The number of nitrogens with zero attached hydrogens (tertiary/aromatic N) is 1. The van der Waals surface area contributed by atoms with E-state index in [-0.39, 0.29) is 29.1 Å². The van der Waals surface area contributed by atoms with Gasteiger partial charge in [-0.3, -0.25) is 9.59 Å². The number of hydrogen-bond donors (Lipinski definition) is 1. The van der Waals surface area contributed by atoms with Crippen LogP contribution in [0.5, 0.6) is 5.75 Å². The number of benzene rings is 1. The average molecular weight is 583 g/mol. The van der Waals surface area contributed by atoms with Crippen LogP contribution in [0.4, 0.5) is 4.79 Å². The number of carbonyl (C=O) groups is 4. The normalized spacial score (nSPS) is 12.6. The molecular formula is C32H42N2O8. The van der Waals surface area contributed by atoms with Crippen molar-refractivity contribution in [3.8, 4) is 16.9 Å². The number of esters is 1. The van der Waals surface area contributed by atoms with Gasteiger partial charge in [0.15, 0.2) is 12.0 Å². The molecule has 228 valence electrons. The van der Waals surface area contributed by atoms with Crippen molar-refractivity contribution in [3.63, 3.8) is 0 Å². The second-order valence-corrected chi connectivity index (χ2v) is 9.50. The summed E-state index contributed by atoms with van der Waals surface area (Å²) in [4.78, 5) is 54.3. The first-order chi connectivity index (χ1) is 20.3. The lowest BCUT2D eigenvalue weighted by atomic mass is 9.95. The molecule has 1 aliphatic rings. The van der Waals surface area contributed by atoms with Crippen LogP contribution in [0.3, 0.4) is 0 Å². The van der Waals surface area contributed by atoms with Gasteiger partial charge in [-0.25, -0.2) is 14.6 Å². The van der Waals surface area contributed by atoms with Crippen molar-refractivity contribution < 1.29 is 38.1 Å². The molecule has 0 radical (unpaired) electrons. The molecule has 10 heteroatoms. The van der Waals surface area contributed by atoms with Crippen molar-refractivity contribution in [3.05, 3.63) is 53.4 Å². The first-order valence-electron chi connectivity index (χ1n) is 14.4. The number of nitrogens with one attached hydrogen (secondary N) is 1. The van der Waals surface area contributed by atoms with Crippen LogP contribution in [0.25, 0.3) is 17.2 Å². The third-order valence-corrected chi connectivity index (χ3v) is 6.36. The number of methoxy groups -OCH3 is 1. The van der Waals surface area contributed by atoms with Crippen LogP contribution < -0.4 is 10.1 Å². The van der Waals surface area contributed by atoms with E-state index in [0.717, 1.165) is 32.1 Å². The molecule has 1 heterocycles. The van der Waals surface area contributed by atoms with E-state index in [1.54, 1.807) is 12.1 Å². The van der Waals surface area contributed by atoms with Crippen LogP contribution >= 0.6 is 0 Å². The largest absolute Gasteiger partial charge is 0.511 e. The highest BCUT2D eigenvalue weighted by Gasteiger charge is 2.26. The van der Waals surface area contributed by atoms with Crippen molar-refractivity contribution in [2.75, 3.05) is 20.3 Å². The van der Waals surface area contributed by atoms with Crippen molar-refractivity contribution >= 4 is 30.4 Å². The highest BCUT2D eigenvalue weighted by Crippen LogP contribution is 2.33. The van der Waals surface area contributed by atoms with Crippen LogP contribution in [0, 0.1) is 5.92 Å². The summed E-state index contributed by atoms with van der Waals surface area (Å²) in [6.07, 6.45) is 5.73. The zero-order chi connectivity index (χ0) is 31.1. The highest BCUT2D eigenvalue weighted by molar-refractivity contribution is 6.01. The van der Waals surface area contributed by atoms with E-state index in [0.29, 0.717) is 42.0 Å². The summed E-state index contributed by atoms with van der Waals surface area (Å²) in [6.45, 7) is 11.9. The van der Waals surface area contributed by atoms with Crippen molar-refractivity contribution in [1.29, 1.82) is 0 Å². The van der Waals surface area contributed by atoms with Crippen molar-refractivity contribution in [2.45, 2.75) is 72.5 Å². The van der Waals surface area contributed by atoms with E-state index >= 15 is 0 Å². The number of amides is 1. The molecule has 1 unspecified atom stereocenters. The molecule has 1 amide bonds. The van der Waals surface area contributed by atoms with Gasteiger partial charge >= 0.3 is 12.1 Å². The molecule has 3 rings (SSSR count). The predicted octanol–water partition coefficient (Wildman–Crippen LogP) is 6.62. The van der Waals surface area contributed by atoms with Gasteiger partial charge in [0.25, 0.3) is 5.91 Å². The van der Waals surface area contributed by atoms with Gasteiger partial charge in [-0.2, -0.15) is 0 Å². The van der Waals surface area contributed by atoms with Gasteiger partial charge in [-0.05, 0) is 55.0 Å². The van der Waals surface area contributed by atoms with Crippen molar-refractivity contribution in [2.24, 2.45) is 5.92 Å². The molecule has 1 aromatic carbocycles. The monoisotopic (exact) mass is 582 g/mol. The maximum Gasteiger partial charge on any atom is 0.511 e. The minimum Gasteiger partial charge on any atom is -0.496 e. The molecule has 1 aromatic heterocycles. The Balaban J connectivity index is 0.00000301. The zero-order valence-electron chi connectivity index (χ0n) is 25.2.